The van der Waals surface area contributed by atoms with Crippen molar-refractivity contribution in [2.24, 2.45) is 5.92 Å². The molecule has 0 aromatic heterocycles. The van der Waals surface area contributed by atoms with Crippen LogP contribution >= 0.6 is 12.4 Å². The number of amides is 1. The topological polar surface area (TPSA) is 41.1 Å². The largest absolute Gasteiger partial charge is 0.352 e. The average Bonchev–Trinajstić information content (AvgIpc) is 2.38. The molecule has 0 saturated carbocycles. The monoisotopic (exact) mass is 282 g/mol. The van der Waals surface area contributed by atoms with E-state index in [-0.39, 0.29) is 24.2 Å². The van der Waals surface area contributed by atoms with Crippen molar-refractivity contribution in [3.8, 4) is 0 Å². The second-order valence-electron chi connectivity index (χ2n) is 5.28. The average molecular weight is 283 g/mol. The number of hydrogen-bond donors (Lipinski definition) is 2. The van der Waals surface area contributed by atoms with Crippen LogP contribution in [0, 0.1) is 12.8 Å². The minimum absolute atomic E-state index is 0. The van der Waals surface area contributed by atoms with Gasteiger partial charge in [0.15, 0.2) is 0 Å². The lowest BCUT2D eigenvalue weighted by molar-refractivity contribution is -0.126. The van der Waals surface area contributed by atoms with Crippen molar-refractivity contribution < 1.29 is 4.79 Å². The summed E-state index contributed by atoms with van der Waals surface area (Å²) in [6.07, 6.45) is 1.89. The Morgan fingerprint density at radius 1 is 1.37 bits per heavy atom. The number of hydrogen-bond acceptors (Lipinski definition) is 2. The van der Waals surface area contributed by atoms with Gasteiger partial charge in [-0.2, -0.15) is 0 Å². The molecule has 1 aromatic carbocycles. The van der Waals surface area contributed by atoms with Crippen LogP contribution in [-0.4, -0.2) is 18.5 Å². The van der Waals surface area contributed by atoms with Crippen LogP contribution in [0.5, 0.6) is 0 Å². The van der Waals surface area contributed by atoms with Gasteiger partial charge in [-0.25, -0.2) is 0 Å². The zero-order valence-electron chi connectivity index (χ0n) is 11.6. The van der Waals surface area contributed by atoms with Crippen LogP contribution in [0.3, 0.4) is 0 Å². The normalized spacial score (nSPS) is 22.4. The van der Waals surface area contributed by atoms with Gasteiger partial charge in [-0.3, -0.25) is 4.79 Å². The Morgan fingerprint density at radius 3 is 2.68 bits per heavy atom. The van der Waals surface area contributed by atoms with Gasteiger partial charge in [0, 0.05) is 18.5 Å². The Labute approximate surface area is 121 Å². The van der Waals surface area contributed by atoms with Gasteiger partial charge in [-0.15, -0.1) is 12.4 Å². The Morgan fingerprint density at radius 2 is 2.05 bits per heavy atom. The zero-order chi connectivity index (χ0) is 13.0. The minimum atomic E-state index is 0. The third-order valence-electron chi connectivity index (χ3n) is 3.58. The van der Waals surface area contributed by atoms with E-state index in [0.29, 0.717) is 12.6 Å². The van der Waals surface area contributed by atoms with E-state index in [1.807, 2.05) is 0 Å². The van der Waals surface area contributed by atoms with E-state index in [1.54, 1.807) is 0 Å². The summed E-state index contributed by atoms with van der Waals surface area (Å²) in [5, 5.41) is 6.41. The van der Waals surface area contributed by atoms with Crippen molar-refractivity contribution in [1.29, 1.82) is 0 Å². The third kappa shape index (κ3) is 4.84. The van der Waals surface area contributed by atoms with Gasteiger partial charge in [0.05, 0.1) is 0 Å². The van der Waals surface area contributed by atoms with Gasteiger partial charge in [-0.05, 0) is 38.8 Å². The highest BCUT2D eigenvalue weighted by Gasteiger charge is 2.24. The van der Waals surface area contributed by atoms with Gasteiger partial charge in [0.2, 0.25) is 5.91 Å². The summed E-state index contributed by atoms with van der Waals surface area (Å²) in [6, 6.07) is 8.75. The van der Waals surface area contributed by atoms with Gasteiger partial charge in [0.1, 0.15) is 0 Å². The second-order valence-corrected chi connectivity index (χ2v) is 5.28. The standard InChI is InChI=1S/C15H22N2O.ClH/c1-11-3-5-13(6-4-11)10-17-15(18)14-7-8-16-12(2)9-14;/h3-6,12,14,16H,7-10H2,1-2H3,(H,17,18);1H/t12-,14-;/m0./s1. The Hall–Kier alpha value is -1.06. The molecule has 3 nitrogen and oxygen atoms in total. The number of aryl methyl sites for hydroxylation is 1. The number of rotatable bonds is 3. The summed E-state index contributed by atoms with van der Waals surface area (Å²) in [5.41, 5.74) is 2.41. The molecule has 2 N–H and O–H groups in total. The minimum Gasteiger partial charge on any atom is -0.352 e. The molecule has 19 heavy (non-hydrogen) atoms. The summed E-state index contributed by atoms with van der Waals surface area (Å²) in [5.74, 6) is 0.371. The summed E-state index contributed by atoms with van der Waals surface area (Å²) < 4.78 is 0. The zero-order valence-corrected chi connectivity index (χ0v) is 12.4. The molecule has 1 amide bonds. The molecule has 1 aliphatic rings. The fourth-order valence-corrected chi connectivity index (χ4v) is 2.41. The molecule has 1 fully saturated rings. The highest BCUT2D eigenvalue weighted by Crippen LogP contribution is 2.16. The lowest BCUT2D eigenvalue weighted by Gasteiger charge is -2.27. The molecule has 2 atom stereocenters. The van der Waals surface area contributed by atoms with Crippen LogP contribution in [0.4, 0.5) is 0 Å². The fraction of sp³-hybridized carbons (Fsp3) is 0.533. The molecule has 1 aromatic rings. The van der Waals surface area contributed by atoms with Crippen LogP contribution in [0.1, 0.15) is 30.9 Å². The number of halogens is 1. The summed E-state index contributed by atoms with van der Waals surface area (Å²) in [7, 11) is 0. The van der Waals surface area contributed by atoms with Crippen LogP contribution < -0.4 is 10.6 Å². The first-order valence-electron chi connectivity index (χ1n) is 6.72. The number of carbonyl (C=O) groups is 1. The predicted octanol–water partition coefficient (Wildman–Crippen LogP) is 2.42. The molecule has 0 radical (unpaired) electrons. The first kappa shape index (κ1) is 16.0. The van der Waals surface area contributed by atoms with Gasteiger partial charge in [-0.1, -0.05) is 29.8 Å². The molecule has 106 valence electrons. The Kier molecular flexibility index (Phi) is 6.32. The molecule has 2 rings (SSSR count). The Balaban J connectivity index is 0.00000180. The molecule has 1 saturated heterocycles. The number of carbonyl (C=O) groups excluding carboxylic acids is 1. The van der Waals surface area contributed by atoms with Crippen molar-refractivity contribution >= 4 is 18.3 Å². The quantitative estimate of drug-likeness (QED) is 0.894. The molecule has 0 bridgehead atoms. The van der Waals surface area contributed by atoms with E-state index in [4.69, 9.17) is 0 Å². The van der Waals surface area contributed by atoms with E-state index in [0.717, 1.165) is 24.9 Å². The van der Waals surface area contributed by atoms with Gasteiger partial charge < -0.3 is 10.6 Å². The van der Waals surface area contributed by atoms with Gasteiger partial charge >= 0.3 is 0 Å². The highest BCUT2D eigenvalue weighted by atomic mass is 35.5. The lowest BCUT2D eigenvalue weighted by Crippen LogP contribution is -2.42. The summed E-state index contributed by atoms with van der Waals surface area (Å²) >= 11 is 0. The smallest absolute Gasteiger partial charge is 0.223 e. The first-order valence-corrected chi connectivity index (χ1v) is 6.72. The fourth-order valence-electron chi connectivity index (χ4n) is 2.41. The maximum atomic E-state index is 12.0. The maximum absolute atomic E-state index is 12.0. The van der Waals surface area contributed by atoms with Crippen molar-refractivity contribution in [2.75, 3.05) is 6.54 Å². The molecule has 0 unspecified atom stereocenters. The molecule has 4 heteroatoms. The molecule has 0 aliphatic carbocycles. The van der Waals surface area contributed by atoms with E-state index in [9.17, 15) is 4.79 Å². The van der Waals surface area contributed by atoms with Crippen LogP contribution in [0.25, 0.3) is 0 Å². The van der Waals surface area contributed by atoms with Crippen molar-refractivity contribution in [2.45, 2.75) is 39.3 Å². The first-order chi connectivity index (χ1) is 8.65. The summed E-state index contributed by atoms with van der Waals surface area (Å²) in [4.78, 5) is 12.0. The second kappa shape index (κ2) is 7.51. The SMILES string of the molecule is Cc1ccc(CNC(=O)[C@H]2CCN[C@@H](C)C2)cc1.Cl. The number of benzene rings is 1. The van der Waals surface area contributed by atoms with Gasteiger partial charge in [0.25, 0.3) is 0 Å². The number of piperidine rings is 1. The van der Waals surface area contributed by atoms with Crippen molar-refractivity contribution in [3.05, 3.63) is 35.4 Å². The summed E-state index contributed by atoms with van der Waals surface area (Å²) in [6.45, 7) is 5.79. The van der Waals surface area contributed by atoms with E-state index >= 15 is 0 Å². The molecule has 1 heterocycles. The third-order valence-corrected chi connectivity index (χ3v) is 3.58. The van der Waals surface area contributed by atoms with Crippen molar-refractivity contribution in [3.63, 3.8) is 0 Å². The van der Waals surface area contributed by atoms with Crippen LogP contribution in [0.2, 0.25) is 0 Å². The molecular formula is C15H23ClN2O. The molecule has 1 aliphatic heterocycles. The van der Waals surface area contributed by atoms with Crippen LogP contribution in [-0.2, 0) is 11.3 Å². The number of nitrogens with one attached hydrogen (secondary N) is 2. The van der Waals surface area contributed by atoms with Crippen molar-refractivity contribution in [1.82, 2.24) is 10.6 Å². The van der Waals surface area contributed by atoms with E-state index in [1.165, 1.54) is 5.56 Å². The van der Waals surface area contributed by atoms with E-state index in [2.05, 4.69) is 48.7 Å². The maximum Gasteiger partial charge on any atom is 0.223 e. The highest BCUT2D eigenvalue weighted by molar-refractivity contribution is 5.85. The predicted molar refractivity (Wildman–Crippen MR) is 80.5 cm³/mol. The van der Waals surface area contributed by atoms with E-state index < -0.39 is 0 Å². The molecule has 0 spiro atoms. The lowest BCUT2D eigenvalue weighted by atomic mass is 9.92. The molecular weight excluding hydrogens is 260 g/mol. The van der Waals surface area contributed by atoms with Crippen LogP contribution in [0.15, 0.2) is 24.3 Å². The Bertz CT molecular complexity index is 405.